The molecule has 0 aliphatic rings. The average Bonchev–Trinajstić information content (AvgIpc) is 2.70. The summed E-state index contributed by atoms with van der Waals surface area (Å²) in [7, 11) is 0.632. The van der Waals surface area contributed by atoms with Gasteiger partial charge in [0.25, 0.3) is 0 Å². The van der Waals surface area contributed by atoms with Crippen LogP contribution in [0.1, 0.15) is 68.3 Å². The van der Waals surface area contributed by atoms with E-state index in [0.717, 1.165) is 53.6 Å². The van der Waals surface area contributed by atoms with E-state index in [-0.39, 0.29) is 24.4 Å². The molecule has 0 aromatic heterocycles. The molecule has 0 N–H and O–H groups in total. The predicted molar refractivity (Wildman–Crippen MR) is 119 cm³/mol. The first-order valence-corrected chi connectivity index (χ1v) is 11.3. The molecule has 2 rings (SSSR count). The third kappa shape index (κ3) is 8.96. The predicted octanol–water partition coefficient (Wildman–Crippen LogP) is 3.55. The molecule has 0 saturated heterocycles. The number of unbranched alkanes of at least 4 members (excludes halogenated alkanes) is 4. The molecule has 0 amide bonds. The molecule has 0 aliphatic carbocycles. The Morgan fingerprint density at radius 3 is 2.21 bits per heavy atom. The number of ether oxygens (including phenoxy) is 2. The Hall–Kier alpha value is -1.26. The van der Waals surface area contributed by atoms with Crippen LogP contribution < -0.4 is 33.6 Å². The van der Waals surface area contributed by atoms with Gasteiger partial charge in [0.1, 0.15) is 5.75 Å². The van der Waals surface area contributed by atoms with Crippen LogP contribution in [0.4, 0.5) is 0 Å². The Labute approximate surface area is 189 Å². The van der Waals surface area contributed by atoms with E-state index in [4.69, 9.17) is 9.47 Å². The van der Waals surface area contributed by atoms with Crippen molar-refractivity contribution >= 4 is 19.4 Å². The summed E-state index contributed by atoms with van der Waals surface area (Å²) in [5, 5.41) is 0.894. The van der Waals surface area contributed by atoms with Gasteiger partial charge in [-0.15, -0.1) is 0 Å². The monoisotopic (exact) mass is 406 g/mol. The van der Waals surface area contributed by atoms with Crippen molar-refractivity contribution in [2.75, 3.05) is 13.2 Å². The normalized spacial score (nSPS) is 10.7. The van der Waals surface area contributed by atoms with Gasteiger partial charge in [-0.05, 0) is 37.0 Å². The molecule has 0 heterocycles. The van der Waals surface area contributed by atoms with Crippen LogP contribution in [0.3, 0.4) is 0 Å². The summed E-state index contributed by atoms with van der Waals surface area (Å²) in [6, 6.07) is 13.6. The van der Waals surface area contributed by atoms with Crippen LogP contribution in [-0.4, -0.2) is 18.7 Å². The summed E-state index contributed by atoms with van der Waals surface area (Å²) in [5.41, 5.74) is 1.86. The summed E-state index contributed by atoms with van der Waals surface area (Å²) in [6.45, 7) is 7.70. The Balaban J connectivity index is 0.00000420. The molecular weight excluding hydrogens is 374 g/mol. The number of benzene rings is 2. The molecule has 0 radical (unpaired) electrons. The molecule has 0 spiro atoms. The minimum absolute atomic E-state index is 0. The van der Waals surface area contributed by atoms with E-state index in [0.29, 0.717) is 21.8 Å². The number of hydrogen-bond acceptors (Lipinski definition) is 3. The zero-order valence-electron chi connectivity index (χ0n) is 18.4. The fraction of sp³-hybridized carbons (Fsp3) is 0.458. The van der Waals surface area contributed by atoms with Crippen LogP contribution >= 0.6 is 8.58 Å². The number of hydrogen-bond donors (Lipinski definition) is 0. The van der Waals surface area contributed by atoms with Gasteiger partial charge in [0.2, 0.25) is 0 Å². The summed E-state index contributed by atoms with van der Waals surface area (Å²) in [4.78, 5) is 12.8. The minimum atomic E-state index is 0. The van der Waals surface area contributed by atoms with E-state index in [1.165, 1.54) is 12.8 Å². The maximum atomic E-state index is 12.8. The van der Waals surface area contributed by atoms with Gasteiger partial charge in [-0.1, -0.05) is 69.9 Å². The van der Waals surface area contributed by atoms with Crippen LogP contribution in [0, 0.1) is 6.92 Å². The van der Waals surface area contributed by atoms with Crippen LogP contribution in [0.25, 0.3) is 0 Å². The molecule has 0 atom stereocenters. The number of rotatable bonds is 13. The fourth-order valence-corrected chi connectivity index (χ4v) is 3.83. The summed E-state index contributed by atoms with van der Waals surface area (Å²) >= 11 is 0. The maximum absolute atomic E-state index is 12.8. The summed E-state index contributed by atoms with van der Waals surface area (Å²) in [5.74, 6) is 1.57. The second-order valence-corrected chi connectivity index (χ2v) is 8.08. The first-order valence-electron chi connectivity index (χ1n) is 10.4. The number of carbonyl (C=O) groups excluding carboxylic acids is 1. The van der Waals surface area contributed by atoms with Crippen LogP contribution in [0.5, 0.6) is 11.5 Å². The summed E-state index contributed by atoms with van der Waals surface area (Å²) in [6.07, 6.45) is 6.70. The van der Waals surface area contributed by atoms with E-state index >= 15 is 0 Å². The summed E-state index contributed by atoms with van der Waals surface area (Å²) < 4.78 is 11.9. The second-order valence-electron chi connectivity index (χ2n) is 6.97. The molecule has 29 heavy (non-hydrogen) atoms. The van der Waals surface area contributed by atoms with Crippen molar-refractivity contribution in [1.82, 2.24) is 0 Å². The zero-order chi connectivity index (χ0) is 20.2. The molecule has 2 aromatic carbocycles. The van der Waals surface area contributed by atoms with Crippen molar-refractivity contribution < 1.29 is 33.1 Å². The number of aryl methyl sites for hydroxylation is 1. The topological polar surface area (TPSA) is 35.5 Å². The Bertz CT molecular complexity index is 749. The molecule has 0 unspecified atom stereocenters. The van der Waals surface area contributed by atoms with Gasteiger partial charge in [0, 0.05) is 11.6 Å². The van der Waals surface area contributed by atoms with Gasteiger partial charge in [-0.3, -0.25) is 0 Å². The molecule has 0 bridgehead atoms. The molecule has 2 aromatic rings. The minimum Gasteiger partial charge on any atom is -0.496 e. The van der Waals surface area contributed by atoms with E-state index in [1.54, 1.807) is 0 Å². The van der Waals surface area contributed by atoms with Crippen molar-refractivity contribution in [3.63, 3.8) is 0 Å². The smallest absolute Gasteiger partial charge is 0.496 e. The number of carbonyl (C=O) groups is 1. The Morgan fingerprint density at radius 1 is 0.897 bits per heavy atom. The SMILES string of the molecule is CCCCCOc1ccc([P-]C(=O)c2ccccc2C)c(OCCCCC)c1.[Li+]. The largest absolute Gasteiger partial charge is 1.00 e. The first-order chi connectivity index (χ1) is 13.7. The third-order valence-electron chi connectivity index (χ3n) is 4.55. The van der Waals surface area contributed by atoms with E-state index in [9.17, 15) is 4.79 Å². The Morgan fingerprint density at radius 2 is 1.55 bits per heavy atom. The van der Waals surface area contributed by atoms with Gasteiger partial charge >= 0.3 is 18.9 Å². The molecule has 152 valence electrons. The fourth-order valence-electron chi connectivity index (χ4n) is 2.85. The molecule has 3 nitrogen and oxygen atoms in total. The van der Waals surface area contributed by atoms with E-state index in [2.05, 4.69) is 13.8 Å². The molecule has 5 heteroatoms. The third-order valence-corrected chi connectivity index (χ3v) is 5.61. The molecular formula is C24H32LiO3P. The molecule has 0 saturated carbocycles. The standard InChI is InChI=1S/C24H32O3P.Li/c1-4-6-10-16-26-20-14-15-23(22(18-20)27-17-11-7-5-2)28-24(25)21-13-9-8-12-19(21)3;/h8-9,12-15,18H,4-7,10-11,16-17H2,1-3H3;/q-1;+1. The second kappa shape index (κ2) is 14.7. The first kappa shape index (κ1) is 25.8. The van der Waals surface area contributed by atoms with Gasteiger partial charge in [0.05, 0.1) is 19.0 Å². The van der Waals surface area contributed by atoms with E-state index < -0.39 is 0 Å². The zero-order valence-corrected chi connectivity index (χ0v) is 19.3. The maximum Gasteiger partial charge on any atom is 1.00 e. The molecule has 0 fully saturated rings. The Kier molecular flexibility index (Phi) is 13.0. The van der Waals surface area contributed by atoms with Gasteiger partial charge in [0.15, 0.2) is 0 Å². The van der Waals surface area contributed by atoms with Crippen molar-refractivity contribution in [3.05, 3.63) is 53.6 Å². The van der Waals surface area contributed by atoms with Crippen molar-refractivity contribution in [3.8, 4) is 11.5 Å². The van der Waals surface area contributed by atoms with Crippen molar-refractivity contribution in [2.45, 2.75) is 59.3 Å². The van der Waals surface area contributed by atoms with E-state index in [1.807, 2.05) is 49.4 Å². The van der Waals surface area contributed by atoms with Crippen LogP contribution in [0.15, 0.2) is 42.5 Å². The van der Waals surface area contributed by atoms with Crippen molar-refractivity contribution in [2.24, 2.45) is 0 Å². The quantitative estimate of drug-likeness (QED) is 0.290. The van der Waals surface area contributed by atoms with Gasteiger partial charge < -0.3 is 22.8 Å². The molecule has 0 aliphatic heterocycles. The van der Waals surface area contributed by atoms with Gasteiger partial charge in [-0.2, -0.15) is 5.30 Å². The van der Waals surface area contributed by atoms with Crippen LogP contribution in [0.2, 0.25) is 0 Å². The average molecular weight is 406 g/mol. The van der Waals surface area contributed by atoms with Gasteiger partial charge in [-0.25, -0.2) is 0 Å². The van der Waals surface area contributed by atoms with Crippen molar-refractivity contribution in [1.29, 1.82) is 0 Å². The van der Waals surface area contributed by atoms with Crippen LogP contribution in [-0.2, 0) is 0 Å².